The summed E-state index contributed by atoms with van der Waals surface area (Å²) < 4.78 is 48.3. The smallest absolute Gasteiger partial charge is 0.434 e. The van der Waals surface area contributed by atoms with Crippen molar-refractivity contribution in [2.75, 3.05) is 6.61 Å². The monoisotopic (exact) mass is 472 g/mol. The number of halogens is 3. The minimum absolute atomic E-state index is 0.0160. The minimum atomic E-state index is -5.06. The maximum Gasteiger partial charge on any atom is 0.434 e. The molecule has 1 aliphatic rings. The molecule has 1 fully saturated rings. The maximum atomic E-state index is 13.9. The zero-order chi connectivity index (χ0) is 24.5. The number of ether oxygens (including phenoxy) is 1. The number of fused-ring (bicyclic) bond motifs is 1. The van der Waals surface area contributed by atoms with Crippen LogP contribution in [0.1, 0.15) is 35.3 Å². The van der Waals surface area contributed by atoms with E-state index in [0.29, 0.717) is 5.75 Å². The van der Waals surface area contributed by atoms with E-state index >= 15 is 0 Å². The van der Waals surface area contributed by atoms with Crippen molar-refractivity contribution in [2.45, 2.75) is 32.0 Å². The molecule has 0 amide bonds. The fraction of sp³-hybridized carbons (Fsp3) is 0.292. The molecule has 0 bridgehead atoms. The van der Waals surface area contributed by atoms with Gasteiger partial charge in [-0.05, 0) is 30.7 Å². The lowest BCUT2D eigenvalue weighted by atomic mass is 9.81. The van der Waals surface area contributed by atoms with Gasteiger partial charge in [0.1, 0.15) is 23.9 Å². The third kappa shape index (κ3) is 4.61. The normalized spacial score (nSPS) is 15.0. The number of carbonyl (C=O) groups excluding carboxylic acids is 3. The van der Waals surface area contributed by atoms with Crippen molar-refractivity contribution in [1.29, 1.82) is 0 Å². The summed E-state index contributed by atoms with van der Waals surface area (Å²) in [6.45, 7) is -0.111. The Morgan fingerprint density at radius 3 is 2.35 bits per heavy atom. The van der Waals surface area contributed by atoms with Gasteiger partial charge in [0.15, 0.2) is 23.0 Å². The van der Waals surface area contributed by atoms with E-state index in [2.05, 4.69) is 4.98 Å². The van der Waals surface area contributed by atoms with Gasteiger partial charge in [-0.2, -0.15) is 13.2 Å². The molecule has 10 heteroatoms. The molecule has 2 aromatic heterocycles. The van der Waals surface area contributed by atoms with Gasteiger partial charge < -0.3 is 4.74 Å². The van der Waals surface area contributed by atoms with Gasteiger partial charge in [-0.3, -0.25) is 23.7 Å². The molecule has 7 nitrogen and oxygen atoms in total. The fourth-order valence-corrected chi connectivity index (χ4v) is 3.96. The van der Waals surface area contributed by atoms with Gasteiger partial charge in [-0.1, -0.05) is 18.2 Å². The molecule has 2 heterocycles. The average molecular weight is 472 g/mol. The summed E-state index contributed by atoms with van der Waals surface area (Å²) in [6.07, 6.45) is -4.89. The first-order valence-corrected chi connectivity index (χ1v) is 10.6. The molecule has 34 heavy (non-hydrogen) atoms. The highest BCUT2D eigenvalue weighted by atomic mass is 19.4. The van der Waals surface area contributed by atoms with Crippen molar-refractivity contribution in [3.63, 3.8) is 0 Å². The number of nitrogens with zero attached hydrogens (tertiary/aromatic N) is 2. The van der Waals surface area contributed by atoms with Crippen molar-refractivity contribution in [2.24, 2.45) is 5.92 Å². The molecule has 0 aliphatic heterocycles. The zero-order valence-electron chi connectivity index (χ0n) is 17.8. The summed E-state index contributed by atoms with van der Waals surface area (Å²) in [4.78, 5) is 53.3. The SMILES string of the molecule is O=C1CCCC(=O)C1C(=O)c1cc2ccc(=O)n(CCOc3ccccc3)c2nc1C(F)(F)F. The lowest BCUT2D eigenvalue weighted by Gasteiger charge is -2.20. The van der Waals surface area contributed by atoms with Gasteiger partial charge in [0.05, 0.1) is 12.1 Å². The number of rotatable bonds is 6. The van der Waals surface area contributed by atoms with Gasteiger partial charge in [0, 0.05) is 24.3 Å². The standard InChI is InChI=1S/C24H19F3N2O5/c25-24(26,27)22-16(21(33)20-17(30)7-4-8-18(20)31)13-14-9-10-19(32)29(23(14)28-22)11-12-34-15-5-2-1-3-6-15/h1-3,5-6,9-10,13,20H,4,7-8,11-12H2. The van der Waals surface area contributed by atoms with Crippen LogP contribution in [0.4, 0.5) is 13.2 Å². The summed E-state index contributed by atoms with van der Waals surface area (Å²) in [6, 6.07) is 12.0. The highest BCUT2D eigenvalue weighted by Gasteiger charge is 2.43. The molecule has 176 valence electrons. The lowest BCUT2D eigenvalue weighted by Crippen LogP contribution is -2.36. The van der Waals surface area contributed by atoms with E-state index in [-0.39, 0.29) is 43.4 Å². The van der Waals surface area contributed by atoms with Crippen LogP contribution >= 0.6 is 0 Å². The number of hydrogen-bond acceptors (Lipinski definition) is 6. The lowest BCUT2D eigenvalue weighted by molar-refractivity contribution is -0.142. The van der Waals surface area contributed by atoms with E-state index in [4.69, 9.17) is 4.74 Å². The molecule has 3 aromatic rings. The Morgan fingerprint density at radius 1 is 1.03 bits per heavy atom. The molecule has 0 N–H and O–H groups in total. The number of benzene rings is 1. The molecule has 1 aliphatic carbocycles. The highest BCUT2D eigenvalue weighted by molar-refractivity contribution is 6.25. The molecular weight excluding hydrogens is 453 g/mol. The van der Waals surface area contributed by atoms with Gasteiger partial charge in [-0.15, -0.1) is 0 Å². The van der Waals surface area contributed by atoms with Gasteiger partial charge >= 0.3 is 6.18 Å². The second-order valence-corrected chi connectivity index (χ2v) is 7.86. The number of hydrogen-bond donors (Lipinski definition) is 0. The van der Waals surface area contributed by atoms with E-state index in [1.165, 1.54) is 6.07 Å². The van der Waals surface area contributed by atoms with Crippen LogP contribution in [0.2, 0.25) is 0 Å². The van der Waals surface area contributed by atoms with Crippen LogP contribution in [0.15, 0.2) is 53.3 Å². The molecule has 0 radical (unpaired) electrons. The molecular formula is C24H19F3N2O5. The van der Waals surface area contributed by atoms with Crippen molar-refractivity contribution in [3.8, 4) is 5.75 Å². The molecule has 0 spiro atoms. The fourth-order valence-electron chi connectivity index (χ4n) is 3.96. The number of Topliss-reactive ketones (excluding diaryl/α,β-unsaturated/α-hetero) is 3. The van der Waals surface area contributed by atoms with Gasteiger partial charge in [0.25, 0.3) is 5.56 Å². The van der Waals surface area contributed by atoms with E-state index in [9.17, 15) is 32.3 Å². The number of pyridine rings is 2. The third-order valence-electron chi connectivity index (χ3n) is 5.57. The third-order valence-corrected chi connectivity index (χ3v) is 5.57. The van der Waals surface area contributed by atoms with Crippen molar-refractivity contribution >= 4 is 28.4 Å². The van der Waals surface area contributed by atoms with Crippen LogP contribution in [0, 0.1) is 5.92 Å². The Balaban J connectivity index is 1.76. The maximum absolute atomic E-state index is 13.9. The number of ketones is 3. The minimum Gasteiger partial charge on any atom is -0.492 e. The largest absolute Gasteiger partial charge is 0.492 e. The highest BCUT2D eigenvalue weighted by Crippen LogP contribution is 2.34. The summed E-state index contributed by atoms with van der Waals surface area (Å²) in [5.74, 6) is -3.86. The van der Waals surface area contributed by atoms with Crippen molar-refractivity contribution < 1.29 is 32.3 Å². The number of carbonyl (C=O) groups is 3. The Bertz CT molecular complexity index is 1320. The molecule has 1 saturated carbocycles. The second-order valence-electron chi connectivity index (χ2n) is 7.86. The first-order chi connectivity index (χ1) is 16.2. The first-order valence-electron chi connectivity index (χ1n) is 10.6. The van der Waals surface area contributed by atoms with Crippen LogP contribution in [0.25, 0.3) is 11.0 Å². The van der Waals surface area contributed by atoms with Crippen molar-refractivity contribution in [1.82, 2.24) is 9.55 Å². The van der Waals surface area contributed by atoms with Crippen LogP contribution in [0.3, 0.4) is 0 Å². The van der Waals surface area contributed by atoms with E-state index in [1.807, 2.05) is 0 Å². The molecule has 1 aromatic carbocycles. The molecule has 0 unspecified atom stereocenters. The van der Waals surface area contributed by atoms with E-state index in [0.717, 1.165) is 16.7 Å². The molecule has 0 atom stereocenters. The quantitative estimate of drug-likeness (QED) is 0.402. The van der Waals surface area contributed by atoms with Crippen LogP contribution in [0.5, 0.6) is 5.75 Å². The van der Waals surface area contributed by atoms with E-state index < -0.39 is 46.3 Å². The second kappa shape index (κ2) is 9.20. The summed E-state index contributed by atoms with van der Waals surface area (Å²) in [5, 5.41) is 0.0892. The Hall–Kier alpha value is -3.82. The summed E-state index contributed by atoms with van der Waals surface area (Å²) >= 11 is 0. The Kier molecular flexibility index (Phi) is 6.32. The predicted molar refractivity (Wildman–Crippen MR) is 115 cm³/mol. The molecule has 4 rings (SSSR count). The number of aromatic nitrogens is 2. The van der Waals surface area contributed by atoms with Crippen LogP contribution < -0.4 is 10.3 Å². The van der Waals surface area contributed by atoms with Gasteiger partial charge in [-0.25, -0.2) is 4.98 Å². The van der Waals surface area contributed by atoms with E-state index in [1.54, 1.807) is 30.3 Å². The summed E-state index contributed by atoms with van der Waals surface area (Å²) in [7, 11) is 0. The number of para-hydroxylation sites is 1. The van der Waals surface area contributed by atoms with Crippen LogP contribution in [-0.2, 0) is 22.3 Å². The molecule has 0 saturated heterocycles. The van der Waals surface area contributed by atoms with Gasteiger partial charge in [0.2, 0.25) is 0 Å². The predicted octanol–water partition coefficient (Wildman–Crippen LogP) is 3.62. The Morgan fingerprint density at radius 2 is 1.71 bits per heavy atom. The topological polar surface area (TPSA) is 95.3 Å². The summed E-state index contributed by atoms with van der Waals surface area (Å²) in [5.41, 5.74) is -3.28. The average Bonchev–Trinajstić information content (AvgIpc) is 2.79. The zero-order valence-corrected chi connectivity index (χ0v) is 17.8. The number of alkyl halides is 3. The van der Waals surface area contributed by atoms with Crippen LogP contribution in [-0.4, -0.2) is 33.5 Å². The first kappa shape index (κ1) is 23.3. The Labute approximate surface area is 191 Å². The van der Waals surface area contributed by atoms with Crippen molar-refractivity contribution in [3.05, 3.63) is 70.1 Å².